The first-order valence-electron chi connectivity index (χ1n) is 3.46. The lowest BCUT2D eigenvalue weighted by Crippen LogP contribution is -2.41. The monoisotopic (exact) mass is 182 g/mol. The highest BCUT2D eigenvalue weighted by molar-refractivity contribution is 8.14. The molecule has 0 spiro atoms. The summed E-state index contributed by atoms with van der Waals surface area (Å²) >= 11 is 0. The van der Waals surface area contributed by atoms with Gasteiger partial charge >= 0.3 is 0 Å². The summed E-state index contributed by atoms with van der Waals surface area (Å²) in [5.74, 6) is 0. The Morgan fingerprint density at radius 2 is 2.00 bits per heavy atom. The van der Waals surface area contributed by atoms with Gasteiger partial charge in [-0.15, -0.1) is 0 Å². The van der Waals surface area contributed by atoms with Crippen molar-refractivity contribution in [1.82, 2.24) is 0 Å². The second-order valence-corrected chi connectivity index (χ2v) is 5.79. The fourth-order valence-electron chi connectivity index (χ4n) is 1.34. The van der Waals surface area contributed by atoms with E-state index in [0.29, 0.717) is 6.42 Å². The first-order chi connectivity index (χ1) is 4.52. The molecule has 2 nitrogen and oxygen atoms in total. The summed E-state index contributed by atoms with van der Waals surface area (Å²) in [5, 5.41) is 0. The normalized spacial score (nSPS) is 23.8. The van der Waals surface area contributed by atoms with Crippen LogP contribution in [0.1, 0.15) is 32.6 Å². The molecule has 0 atom stereocenters. The molecule has 4 heteroatoms. The van der Waals surface area contributed by atoms with Gasteiger partial charge in [0.05, 0.1) is 4.75 Å². The van der Waals surface area contributed by atoms with Gasteiger partial charge < -0.3 is 0 Å². The Labute approximate surface area is 66.0 Å². The van der Waals surface area contributed by atoms with Crippen molar-refractivity contribution in [3.05, 3.63) is 0 Å². The lowest BCUT2D eigenvalue weighted by molar-refractivity contribution is 0.332. The molecule has 0 aromatic carbocycles. The van der Waals surface area contributed by atoms with E-state index in [-0.39, 0.29) is 0 Å². The van der Waals surface area contributed by atoms with Crippen molar-refractivity contribution in [2.75, 3.05) is 0 Å². The fraction of sp³-hybridized carbons (Fsp3) is 1.00. The molecule has 1 saturated carbocycles. The van der Waals surface area contributed by atoms with Gasteiger partial charge in [-0.25, -0.2) is 8.42 Å². The Balaban J connectivity index is 2.85. The molecular formula is C6H11ClO2S. The molecule has 0 radical (unpaired) electrons. The third kappa shape index (κ3) is 1.05. The molecule has 1 rings (SSSR count). The Morgan fingerprint density at radius 1 is 1.50 bits per heavy atom. The van der Waals surface area contributed by atoms with E-state index >= 15 is 0 Å². The van der Waals surface area contributed by atoms with Crippen LogP contribution in [0.5, 0.6) is 0 Å². The average Bonchev–Trinajstić information content (AvgIpc) is 1.58. The molecule has 0 heterocycles. The molecule has 1 aliphatic rings. The van der Waals surface area contributed by atoms with Crippen molar-refractivity contribution in [2.24, 2.45) is 0 Å². The second-order valence-electron chi connectivity index (χ2n) is 2.83. The summed E-state index contributed by atoms with van der Waals surface area (Å²) in [6, 6.07) is 0. The van der Waals surface area contributed by atoms with Gasteiger partial charge in [-0.2, -0.15) is 0 Å². The molecule has 0 unspecified atom stereocenters. The number of halogens is 1. The maximum Gasteiger partial charge on any atom is 0.238 e. The van der Waals surface area contributed by atoms with Crippen molar-refractivity contribution in [2.45, 2.75) is 37.4 Å². The first-order valence-corrected chi connectivity index (χ1v) is 5.77. The minimum Gasteiger partial charge on any atom is -0.212 e. The summed E-state index contributed by atoms with van der Waals surface area (Å²) in [6.07, 6.45) is 3.14. The number of rotatable bonds is 2. The molecule has 0 aliphatic heterocycles. The molecule has 60 valence electrons. The smallest absolute Gasteiger partial charge is 0.212 e. The Hall–Kier alpha value is 0.240. The third-order valence-corrected chi connectivity index (χ3v) is 5.14. The van der Waals surface area contributed by atoms with Gasteiger partial charge in [0.25, 0.3) is 0 Å². The lowest BCUT2D eigenvalue weighted by atomic mass is 9.82. The van der Waals surface area contributed by atoms with Crippen molar-refractivity contribution < 1.29 is 8.42 Å². The first kappa shape index (κ1) is 8.34. The van der Waals surface area contributed by atoms with E-state index in [9.17, 15) is 8.42 Å². The molecule has 0 N–H and O–H groups in total. The zero-order valence-electron chi connectivity index (χ0n) is 5.93. The molecule has 0 aromatic heterocycles. The van der Waals surface area contributed by atoms with E-state index < -0.39 is 13.8 Å². The van der Waals surface area contributed by atoms with Gasteiger partial charge in [-0.05, 0) is 19.3 Å². The minimum absolute atomic E-state index is 0.561. The van der Waals surface area contributed by atoms with Crippen LogP contribution in [0.2, 0.25) is 0 Å². The predicted octanol–water partition coefficient (Wildman–Crippen LogP) is 1.89. The van der Waals surface area contributed by atoms with Crippen LogP contribution in [0.3, 0.4) is 0 Å². The zero-order chi connectivity index (χ0) is 7.83. The van der Waals surface area contributed by atoms with E-state index in [0.717, 1.165) is 19.3 Å². The van der Waals surface area contributed by atoms with Crippen LogP contribution in [0.25, 0.3) is 0 Å². The summed E-state index contributed by atoms with van der Waals surface area (Å²) in [4.78, 5) is 0. The van der Waals surface area contributed by atoms with Crippen LogP contribution in [-0.2, 0) is 9.05 Å². The topological polar surface area (TPSA) is 34.1 Å². The van der Waals surface area contributed by atoms with E-state index in [2.05, 4.69) is 0 Å². The molecule has 1 aliphatic carbocycles. The van der Waals surface area contributed by atoms with Crippen molar-refractivity contribution >= 4 is 19.7 Å². The van der Waals surface area contributed by atoms with Crippen molar-refractivity contribution in [3.63, 3.8) is 0 Å². The summed E-state index contributed by atoms with van der Waals surface area (Å²) in [7, 11) is 1.96. The van der Waals surface area contributed by atoms with Crippen LogP contribution in [0.15, 0.2) is 0 Å². The third-order valence-electron chi connectivity index (χ3n) is 2.43. The summed E-state index contributed by atoms with van der Waals surface area (Å²) < 4.78 is 21.3. The van der Waals surface area contributed by atoms with Gasteiger partial charge in [-0.3, -0.25) is 0 Å². The van der Waals surface area contributed by atoms with Crippen molar-refractivity contribution in [3.8, 4) is 0 Å². The zero-order valence-corrected chi connectivity index (χ0v) is 7.50. The van der Waals surface area contributed by atoms with Crippen LogP contribution >= 0.6 is 10.7 Å². The average molecular weight is 183 g/mol. The van der Waals surface area contributed by atoms with Gasteiger partial charge in [0.2, 0.25) is 9.05 Å². The highest BCUT2D eigenvalue weighted by Crippen LogP contribution is 2.43. The van der Waals surface area contributed by atoms with Crippen LogP contribution in [0.4, 0.5) is 0 Å². The molecule has 0 amide bonds. The molecule has 0 bridgehead atoms. The summed E-state index contributed by atoms with van der Waals surface area (Å²) in [5.41, 5.74) is 0. The molecule has 0 saturated heterocycles. The highest BCUT2D eigenvalue weighted by Gasteiger charge is 2.46. The van der Waals surface area contributed by atoms with Crippen LogP contribution in [-0.4, -0.2) is 13.2 Å². The number of hydrogen-bond acceptors (Lipinski definition) is 2. The predicted molar refractivity (Wildman–Crippen MR) is 41.6 cm³/mol. The maximum atomic E-state index is 10.9. The highest BCUT2D eigenvalue weighted by atomic mass is 35.7. The largest absolute Gasteiger partial charge is 0.238 e. The van der Waals surface area contributed by atoms with Gasteiger partial charge in [0.1, 0.15) is 0 Å². The standard InChI is InChI=1S/C6H11ClO2S/c1-2-6(4-3-5-6)10(7,8)9/h2-5H2,1H3. The molecular weight excluding hydrogens is 172 g/mol. The maximum absolute atomic E-state index is 10.9. The van der Waals surface area contributed by atoms with E-state index in [4.69, 9.17) is 10.7 Å². The second kappa shape index (κ2) is 2.38. The van der Waals surface area contributed by atoms with E-state index in [1.54, 1.807) is 0 Å². The van der Waals surface area contributed by atoms with Gasteiger partial charge in [-0.1, -0.05) is 13.3 Å². The van der Waals surface area contributed by atoms with E-state index in [1.807, 2.05) is 6.92 Å². The summed E-state index contributed by atoms with van der Waals surface area (Å²) in [6.45, 7) is 1.87. The lowest BCUT2D eigenvalue weighted by Gasteiger charge is -2.37. The minimum atomic E-state index is -3.31. The quantitative estimate of drug-likeness (QED) is 0.612. The SMILES string of the molecule is CCC1(S(=O)(=O)Cl)CCC1. The number of hydrogen-bond donors (Lipinski definition) is 0. The van der Waals surface area contributed by atoms with E-state index in [1.165, 1.54) is 0 Å². The Kier molecular flexibility index (Phi) is 1.98. The fourth-order valence-corrected chi connectivity index (χ4v) is 3.25. The Bertz CT molecular complexity index is 210. The van der Waals surface area contributed by atoms with Crippen LogP contribution in [0, 0.1) is 0 Å². The molecule has 1 fully saturated rings. The van der Waals surface area contributed by atoms with Crippen LogP contribution < -0.4 is 0 Å². The van der Waals surface area contributed by atoms with Gasteiger partial charge in [0, 0.05) is 10.7 Å². The Morgan fingerprint density at radius 3 is 2.00 bits per heavy atom. The van der Waals surface area contributed by atoms with Crippen molar-refractivity contribution in [1.29, 1.82) is 0 Å². The molecule has 0 aromatic rings. The van der Waals surface area contributed by atoms with Gasteiger partial charge in [0.15, 0.2) is 0 Å². The molecule has 10 heavy (non-hydrogen) atoms.